The summed E-state index contributed by atoms with van der Waals surface area (Å²) in [6.07, 6.45) is 1.37. The van der Waals surface area contributed by atoms with E-state index in [1.54, 1.807) is 30.3 Å². The molecule has 34 heavy (non-hydrogen) atoms. The number of nitrogen functional groups attached to an aromatic ring is 1. The molecule has 8 N–H and O–H groups in total. The predicted molar refractivity (Wildman–Crippen MR) is 129 cm³/mol. The quantitative estimate of drug-likeness (QED) is 0.287. The van der Waals surface area contributed by atoms with Crippen LogP contribution in [0, 0.1) is 0 Å². The van der Waals surface area contributed by atoms with Crippen molar-refractivity contribution in [3.8, 4) is 23.0 Å². The Hall–Kier alpha value is -3.68. The SMILES string of the molecule is COc1cc(OC)c(C=CS(=O)(=O)Nc2cccc(N)c2OC)c(OC)c1.NC(=O)[C@H](N)CO. The van der Waals surface area contributed by atoms with Gasteiger partial charge < -0.3 is 41.3 Å². The van der Waals surface area contributed by atoms with Gasteiger partial charge in [0.25, 0.3) is 10.0 Å². The van der Waals surface area contributed by atoms with Gasteiger partial charge in [0.1, 0.15) is 23.3 Å². The first-order chi connectivity index (χ1) is 16.0. The number of sulfonamides is 1. The van der Waals surface area contributed by atoms with Crippen LogP contribution in [0.4, 0.5) is 11.4 Å². The number of para-hydroxylation sites is 1. The lowest BCUT2D eigenvalue weighted by Gasteiger charge is -2.13. The van der Waals surface area contributed by atoms with Crippen LogP contribution in [0.25, 0.3) is 6.08 Å². The van der Waals surface area contributed by atoms with E-state index < -0.39 is 22.0 Å². The van der Waals surface area contributed by atoms with Gasteiger partial charge in [0, 0.05) is 12.1 Å². The highest BCUT2D eigenvalue weighted by Gasteiger charge is 2.15. The van der Waals surface area contributed by atoms with Crippen molar-refractivity contribution in [1.82, 2.24) is 0 Å². The average Bonchev–Trinajstić information content (AvgIpc) is 2.81. The number of carbonyl (C=O) groups excluding carboxylic acids is 1. The summed E-state index contributed by atoms with van der Waals surface area (Å²) in [5.74, 6) is 0.890. The second-order valence-corrected chi connectivity index (χ2v) is 8.08. The highest BCUT2D eigenvalue weighted by atomic mass is 32.2. The number of rotatable bonds is 10. The van der Waals surface area contributed by atoms with Gasteiger partial charge in [-0.05, 0) is 18.2 Å². The Morgan fingerprint density at radius 2 is 1.68 bits per heavy atom. The predicted octanol–water partition coefficient (Wildman–Crippen LogP) is 0.507. The van der Waals surface area contributed by atoms with E-state index in [9.17, 15) is 13.2 Å². The summed E-state index contributed by atoms with van der Waals surface area (Å²) in [5.41, 5.74) is 16.3. The summed E-state index contributed by atoms with van der Waals surface area (Å²) < 4.78 is 48.3. The molecule has 0 saturated heterocycles. The third kappa shape index (κ3) is 8.03. The Kier molecular flexibility index (Phi) is 10.9. The van der Waals surface area contributed by atoms with Crippen LogP contribution in [-0.4, -0.2) is 60.5 Å². The fraction of sp³-hybridized carbons (Fsp3) is 0.286. The van der Waals surface area contributed by atoms with Crippen molar-refractivity contribution in [3.63, 3.8) is 0 Å². The fourth-order valence-electron chi connectivity index (χ4n) is 2.49. The Bertz CT molecular complexity index is 1080. The average molecular weight is 499 g/mol. The minimum Gasteiger partial charge on any atom is -0.496 e. The number of primary amides is 1. The minimum atomic E-state index is -3.86. The standard InChI is InChI=1S/C18H22N2O6S.C3H8N2O2/c1-23-12-10-16(24-2)13(17(11-12)25-3)8-9-27(21,22)20-15-7-5-6-14(19)18(15)26-4;4-2(1-6)3(5)7/h5-11,20H,19H2,1-4H3;2,6H,1,4H2,(H2,5,7)/t;2-/m.1/s1. The van der Waals surface area contributed by atoms with E-state index in [1.807, 2.05) is 0 Å². The second-order valence-electron chi connectivity index (χ2n) is 6.51. The lowest BCUT2D eigenvalue weighted by Crippen LogP contribution is -2.39. The number of aliphatic hydroxyl groups is 1. The van der Waals surface area contributed by atoms with Crippen LogP contribution in [0.3, 0.4) is 0 Å². The van der Waals surface area contributed by atoms with E-state index in [0.29, 0.717) is 28.5 Å². The Morgan fingerprint density at radius 3 is 2.09 bits per heavy atom. The van der Waals surface area contributed by atoms with Gasteiger partial charge in [0.15, 0.2) is 5.75 Å². The first-order valence-corrected chi connectivity index (χ1v) is 11.2. The van der Waals surface area contributed by atoms with Crippen LogP contribution in [0.1, 0.15) is 5.56 Å². The van der Waals surface area contributed by atoms with Gasteiger partial charge in [-0.2, -0.15) is 0 Å². The summed E-state index contributed by atoms with van der Waals surface area (Å²) in [6, 6.07) is 7.13. The number of anilines is 2. The molecule has 0 aromatic heterocycles. The Balaban J connectivity index is 0.000000718. The smallest absolute Gasteiger partial charge is 0.255 e. The molecule has 0 bridgehead atoms. The number of methoxy groups -OCH3 is 4. The third-order valence-corrected chi connectivity index (χ3v) is 5.23. The van der Waals surface area contributed by atoms with Crippen LogP contribution >= 0.6 is 0 Å². The van der Waals surface area contributed by atoms with E-state index in [4.69, 9.17) is 35.5 Å². The maximum atomic E-state index is 12.5. The molecule has 2 aromatic carbocycles. The van der Waals surface area contributed by atoms with E-state index in [0.717, 1.165) is 5.41 Å². The molecule has 0 radical (unpaired) electrons. The molecule has 0 aliphatic carbocycles. The number of carbonyl (C=O) groups is 1. The van der Waals surface area contributed by atoms with Gasteiger partial charge in [-0.15, -0.1) is 0 Å². The van der Waals surface area contributed by atoms with Crippen LogP contribution < -0.4 is 40.9 Å². The zero-order chi connectivity index (χ0) is 25.9. The zero-order valence-electron chi connectivity index (χ0n) is 19.3. The topological polar surface area (TPSA) is 198 Å². The first kappa shape index (κ1) is 28.4. The van der Waals surface area contributed by atoms with E-state index >= 15 is 0 Å². The van der Waals surface area contributed by atoms with E-state index in [-0.39, 0.29) is 18.0 Å². The van der Waals surface area contributed by atoms with Crippen LogP contribution in [-0.2, 0) is 14.8 Å². The largest absolute Gasteiger partial charge is 0.496 e. The van der Waals surface area contributed by atoms with Gasteiger partial charge >= 0.3 is 0 Å². The molecule has 188 valence electrons. The maximum absolute atomic E-state index is 12.5. The lowest BCUT2D eigenvalue weighted by molar-refractivity contribution is -0.120. The summed E-state index contributed by atoms with van der Waals surface area (Å²) >= 11 is 0. The number of benzene rings is 2. The van der Waals surface area contributed by atoms with E-state index in [1.165, 1.54) is 34.5 Å². The monoisotopic (exact) mass is 498 g/mol. The van der Waals surface area contributed by atoms with Crippen molar-refractivity contribution >= 4 is 33.4 Å². The number of amides is 1. The molecule has 0 fully saturated rings. The number of ether oxygens (including phenoxy) is 4. The molecule has 0 unspecified atom stereocenters. The number of hydrogen-bond acceptors (Lipinski definition) is 10. The zero-order valence-corrected chi connectivity index (χ0v) is 20.1. The summed E-state index contributed by atoms with van der Waals surface area (Å²) in [5, 5.41) is 9.08. The van der Waals surface area contributed by atoms with E-state index in [2.05, 4.69) is 10.5 Å². The highest BCUT2D eigenvalue weighted by molar-refractivity contribution is 7.95. The normalized spacial score (nSPS) is 11.7. The van der Waals surface area contributed by atoms with Crippen molar-refractivity contribution in [2.75, 3.05) is 45.5 Å². The van der Waals surface area contributed by atoms with Gasteiger partial charge in [0.05, 0.1) is 57.4 Å². The Labute approximate surface area is 198 Å². The molecule has 13 heteroatoms. The van der Waals surface area contributed by atoms with Crippen LogP contribution in [0.2, 0.25) is 0 Å². The molecular formula is C21H30N4O8S. The van der Waals surface area contributed by atoms with Gasteiger partial charge in [-0.25, -0.2) is 8.42 Å². The van der Waals surface area contributed by atoms with Crippen LogP contribution in [0.15, 0.2) is 35.7 Å². The molecule has 0 spiro atoms. The van der Waals surface area contributed by atoms with Gasteiger partial charge in [0.2, 0.25) is 5.91 Å². The fourth-order valence-corrected chi connectivity index (χ4v) is 3.35. The highest BCUT2D eigenvalue weighted by Crippen LogP contribution is 2.36. The molecule has 2 rings (SSSR count). The molecular weight excluding hydrogens is 468 g/mol. The first-order valence-electron chi connectivity index (χ1n) is 9.62. The second kappa shape index (κ2) is 13.1. The number of aliphatic hydroxyl groups excluding tert-OH is 1. The number of nitrogens with two attached hydrogens (primary N) is 3. The number of hydrogen-bond donors (Lipinski definition) is 5. The lowest BCUT2D eigenvalue weighted by atomic mass is 10.1. The minimum absolute atomic E-state index is 0.232. The maximum Gasteiger partial charge on any atom is 0.255 e. The molecule has 0 aliphatic rings. The van der Waals surface area contributed by atoms with Crippen molar-refractivity contribution in [2.45, 2.75) is 6.04 Å². The Morgan fingerprint density at radius 1 is 1.09 bits per heavy atom. The summed E-state index contributed by atoms with van der Waals surface area (Å²) in [4.78, 5) is 9.87. The molecule has 2 aromatic rings. The van der Waals surface area contributed by atoms with Gasteiger partial charge in [-0.1, -0.05) is 6.07 Å². The third-order valence-electron chi connectivity index (χ3n) is 4.23. The molecule has 0 aliphatic heterocycles. The molecule has 12 nitrogen and oxygen atoms in total. The molecule has 0 heterocycles. The van der Waals surface area contributed by atoms with Gasteiger partial charge in [-0.3, -0.25) is 9.52 Å². The van der Waals surface area contributed by atoms with Crippen molar-refractivity contribution in [1.29, 1.82) is 0 Å². The van der Waals surface area contributed by atoms with Crippen LogP contribution in [0.5, 0.6) is 23.0 Å². The number of nitrogens with one attached hydrogen (secondary N) is 1. The molecule has 1 amide bonds. The summed E-state index contributed by atoms with van der Waals surface area (Å²) in [7, 11) is 2.00. The summed E-state index contributed by atoms with van der Waals surface area (Å²) in [6.45, 7) is -0.380. The molecule has 0 saturated carbocycles. The van der Waals surface area contributed by atoms with Crippen molar-refractivity contribution in [3.05, 3.63) is 41.3 Å². The van der Waals surface area contributed by atoms with Crippen molar-refractivity contribution in [2.24, 2.45) is 11.5 Å². The molecule has 1 atom stereocenters. The van der Waals surface area contributed by atoms with Crippen molar-refractivity contribution < 1.29 is 37.3 Å².